The summed E-state index contributed by atoms with van der Waals surface area (Å²) in [5.74, 6) is -2.92. The van der Waals surface area contributed by atoms with Crippen molar-refractivity contribution in [3.05, 3.63) is 52.3 Å². The van der Waals surface area contributed by atoms with Crippen LogP contribution in [0.2, 0.25) is 5.02 Å². The molecule has 0 saturated carbocycles. The SMILES string of the molecule is C[C@H](NS(=O)(=O)c1c[nH]c(C(=O)NCc2ccc(F)c(Cl)c2F)c1)C(F)(F)F. The summed E-state index contributed by atoms with van der Waals surface area (Å²) >= 11 is 5.42. The van der Waals surface area contributed by atoms with Crippen LogP contribution in [-0.4, -0.2) is 31.5 Å². The van der Waals surface area contributed by atoms with Gasteiger partial charge in [0, 0.05) is 18.3 Å². The zero-order valence-electron chi connectivity index (χ0n) is 14.0. The minimum absolute atomic E-state index is 0.125. The lowest BCUT2D eigenvalue weighted by Gasteiger charge is -2.16. The van der Waals surface area contributed by atoms with Crippen molar-refractivity contribution >= 4 is 27.5 Å². The molecule has 6 nitrogen and oxygen atoms in total. The Morgan fingerprint density at radius 3 is 2.54 bits per heavy atom. The third-order valence-corrected chi connectivity index (χ3v) is 5.46. The van der Waals surface area contributed by atoms with Crippen molar-refractivity contribution in [1.82, 2.24) is 15.0 Å². The molecule has 28 heavy (non-hydrogen) atoms. The number of benzene rings is 1. The second-order valence-electron chi connectivity index (χ2n) is 5.65. The second-order valence-corrected chi connectivity index (χ2v) is 7.74. The van der Waals surface area contributed by atoms with E-state index in [1.165, 1.54) is 4.72 Å². The maximum absolute atomic E-state index is 13.8. The van der Waals surface area contributed by atoms with Gasteiger partial charge in [-0.1, -0.05) is 17.7 Å². The van der Waals surface area contributed by atoms with Crippen LogP contribution in [0.4, 0.5) is 22.0 Å². The molecule has 0 aliphatic carbocycles. The third-order valence-electron chi connectivity index (χ3n) is 3.59. The first kappa shape index (κ1) is 22.1. The van der Waals surface area contributed by atoms with Crippen LogP contribution in [-0.2, 0) is 16.6 Å². The van der Waals surface area contributed by atoms with Gasteiger partial charge in [0.2, 0.25) is 10.0 Å². The zero-order chi connectivity index (χ0) is 21.3. The lowest BCUT2D eigenvalue weighted by molar-refractivity contribution is -0.147. The van der Waals surface area contributed by atoms with Crippen molar-refractivity contribution in [1.29, 1.82) is 0 Å². The van der Waals surface area contributed by atoms with E-state index in [-0.39, 0.29) is 11.3 Å². The first-order valence-corrected chi connectivity index (χ1v) is 9.37. The van der Waals surface area contributed by atoms with Crippen LogP contribution in [0.15, 0.2) is 29.3 Å². The zero-order valence-corrected chi connectivity index (χ0v) is 15.6. The molecule has 0 aliphatic heterocycles. The van der Waals surface area contributed by atoms with Crippen LogP contribution in [0.5, 0.6) is 0 Å². The van der Waals surface area contributed by atoms with Crippen molar-refractivity contribution < 1.29 is 35.2 Å². The quantitative estimate of drug-likeness (QED) is 0.471. The summed E-state index contributed by atoms with van der Waals surface area (Å²) < 4.78 is 89.8. The van der Waals surface area contributed by atoms with Gasteiger partial charge in [-0.05, 0) is 19.1 Å². The molecule has 2 aromatic rings. The van der Waals surface area contributed by atoms with Crippen molar-refractivity contribution in [3.8, 4) is 0 Å². The van der Waals surface area contributed by atoms with Crippen molar-refractivity contribution in [3.63, 3.8) is 0 Å². The van der Waals surface area contributed by atoms with E-state index in [1.807, 2.05) is 0 Å². The van der Waals surface area contributed by atoms with Gasteiger partial charge in [-0.2, -0.15) is 17.9 Å². The first-order chi connectivity index (χ1) is 12.8. The number of rotatable bonds is 6. The first-order valence-electron chi connectivity index (χ1n) is 7.51. The van der Waals surface area contributed by atoms with Gasteiger partial charge in [0.1, 0.15) is 33.3 Å². The number of carbonyl (C=O) groups excluding carboxylic acids is 1. The van der Waals surface area contributed by atoms with Crippen LogP contribution in [0, 0.1) is 11.6 Å². The fourth-order valence-corrected chi connectivity index (χ4v) is 3.41. The Kier molecular flexibility index (Phi) is 6.36. The number of H-pyrrole nitrogens is 1. The van der Waals surface area contributed by atoms with Gasteiger partial charge in [-0.3, -0.25) is 4.79 Å². The lowest BCUT2D eigenvalue weighted by atomic mass is 10.2. The van der Waals surface area contributed by atoms with E-state index in [1.54, 1.807) is 0 Å². The number of sulfonamides is 1. The van der Waals surface area contributed by atoms with E-state index in [9.17, 15) is 35.2 Å². The Morgan fingerprint density at radius 1 is 1.29 bits per heavy atom. The number of carbonyl (C=O) groups is 1. The lowest BCUT2D eigenvalue weighted by Crippen LogP contribution is -2.42. The fourth-order valence-electron chi connectivity index (χ4n) is 2.00. The van der Waals surface area contributed by atoms with Crippen molar-refractivity contribution in [2.75, 3.05) is 0 Å². The molecule has 1 heterocycles. The van der Waals surface area contributed by atoms with Crippen LogP contribution in [0.1, 0.15) is 23.0 Å². The highest BCUT2D eigenvalue weighted by Crippen LogP contribution is 2.23. The average molecular weight is 446 g/mol. The van der Waals surface area contributed by atoms with Gasteiger partial charge in [0.15, 0.2) is 0 Å². The van der Waals surface area contributed by atoms with Crippen LogP contribution < -0.4 is 10.0 Å². The van der Waals surface area contributed by atoms with E-state index in [0.717, 1.165) is 24.4 Å². The molecule has 1 atom stereocenters. The van der Waals surface area contributed by atoms with E-state index in [2.05, 4.69) is 10.3 Å². The number of nitrogens with one attached hydrogen (secondary N) is 3. The summed E-state index contributed by atoms with van der Waals surface area (Å²) in [6.45, 7) is 0.231. The van der Waals surface area contributed by atoms with Gasteiger partial charge < -0.3 is 10.3 Å². The number of hydrogen-bond acceptors (Lipinski definition) is 3. The maximum atomic E-state index is 13.8. The highest BCUT2D eigenvalue weighted by Gasteiger charge is 2.39. The summed E-state index contributed by atoms with van der Waals surface area (Å²) in [4.78, 5) is 13.7. The molecule has 0 saturated heterocycles. The van der Waals surface area contributed by atoms with E-state index >= 15 is 0 Å². The van der Waals surface area contributed by atoms with Gasteiger partial charge >= 0.3 is 6.18 Å². The van der Waals surface area contributed by atoms with Crippen LogP contribution in [0.25, 0.3) is 0 Å². The molecule has 0 radical (unpaired) electrons. The van der Waals surface area contributed by atoms with Gasteiger partial charge in [0.25, 0.3) is 5.91 Å². The summed E-state index contributed by atoms with van der Waals surface area (Å²) in [6, 6.07) is 0.439. The molecule has 154 valence electrons. The van der Waals surface area contributed by atoms with E-state index < -0.39 is 56.2 Å². The standard InChI is InChI=1S/C15H13ClF5N3O3S/c1-7(15(19,20)21)24-28(26,27)9-4-11(22-6-9)14(25)23-5-8-2-3-10(17)12(16)13(8)18/h2-4,6-7,22,24H,5H2,1H3,(H,23,25)/t7-/m0/s1. The summed E-state index contributed by atoms with van der Waals surface area (Å²) in [5, 5.41) is 1.50. The molecule has 0 fully saturated rings. The number of hydrogen-bond donors (Lipinski definition) is 3. The van der Waals surface area contributed by atoms with Gasteiger partial charge in [-0.25, -0.2) is 17.2 Å². The molecule has 0 bridgehead atoms. The van der Waals surface area contributed by atoms with E-state index in [0.29, 0.717) is 6.92 Å². The summed E-state index contributed by atoms with van der Waals surface area (Å²) in [5.41, 5.74) is -0.423. The molecule has 0 spiro atoms. The molecule has 3 N–H and O–H groups in total. The molecular weight excluding hydrogens is 433 g/mol. The number of aromatic amines is 1. The molecule has 0 unspecified atom stereocenters. The normalized spacial score (nSPS) is 13.4. The Morgan fingerprint density at radius 2 is 1.93 bits per heavy atom. The smallest absolute Gasteiger partial charge is 0.356 e. The number of halogens is 6. The topological polar surface area (TPSA) is 91.1 Å². The minimum atomic E-state index is -4.79. The van der Waals surface area contributed by atoms with Crippen molar-refractivity contribution in [2.24, 2.45) is 0 Å². The summed E-state index contributed by atoms with van der Waals surface area (Å²) in [6.07, 6.45) is -3.96. The predicted molar refractivity (Wildman–Crippen MR) is 89.2 cm³/mol. The highest BCUT2D eigenvalue weighted by molar-refractivity contribution is 7.89. The molecule has 1 amide bonds. The number of alkyl halides is 3. The minimum Gasteiger partial charge on any atom is -0.356 e. The third kappa shape index (κ3) is 5.00. The Balaban J connectivity index is 2.09. The van der Waals surface area contributed by atoms with Gasteiger partial charge in [0.05, 0.1) is 0 Å². The maximum Gasteiger partial charge on any atom is 0.404 e. The molecule has 13 heteroatoms. The van der Waals surface area contributed by atoms with Gasteiger partial charge in [-0.15, -0.1) is 0 Å². The Bertz CT molecular complexity index is 991. The highest BCUT2D eigenvalue weighted by atomic mass is 35.5. The Labute approximate surface area is 161 Å². The molecule has 1 aromatic carbocycles. The van der Waals surface area contributed by atoms with Crippen LogP contribution in [0.3, 0.4) is 0 Å². The summed E-state index contributed by atoms with van der Waals surface area (Å²) in [7, 11) is -4.54. The Hall–Kier alpha value is -2.18. The van der Waals surface area contributed by atoms with Crippen LogP contribution >= 0.6 is 11.6 Å². The molecule has 1 aromatic heterocycles. The molecule has 2 rings (SSSR count). The molecular formula is C15H13ClF5N3O3S. The fraction of sp³-hybridized carbons (Fsp3) is 0.267. The number of aromatic nitrogens is 1. The monoisotopic (exact) mass is 445 g/mol. The predicted octanol–water partition coefficient (Wildman–Crippen LogP) is 3.11. The second kappa shape index (κ2) is 8.05. The number of amides is 1. The largest absolute Gasteiger partial charge is 0.404 e. The van der Waals surface area contributed by atoms with Crippen molar-refractivity contribution in [2.45, 2.75) is 30.6 Å². The molecule has 0 aliphatic rings. The average Bonchev–Trinajstić information content (AvgIpc) is 3.09. The van der Waals surface area contributed by atoms with E-state index in [4.69, 9.17) is 11.6 Å².